The molecule has 6 nitrogen and oxygen atoms in total. The molecule has 1 aliphatic carbocycles. The fourth-order valence-corrected chi connectivity index (χ4v) is 3.91. The number of β-amino-alcohol motifs (C(OH)–C–C–N with tert-alkyl or cyclic N) is 1. The normalized spacial score (nSPS) is 26.9. The standard InChI is InChI=1S/C20H28N2O4/c1-13-7-9-20(10-8-13)18(24)22(19(25)21-20)11-16(23)12-26-17-14(2)5-4-6-15(17)3/h4-6,13,16,23H,7-12H2,1-3H3,(H,21,25)/t13?,16-,20?/m1/s1. The van der Waals surface area contributed by atoms with Gasteiger partial charge in [-0.25, -0.2) is 4.79 Å². The van der Waals surface area contributed by atoms with Gasteiger partial charge in [0.25, 0.3) is 5.91 Å². The first-order valence-corrected chi connectivity index (χ1v) is 9.33. The van der Waals surface area contributed by atoms with Gasteiger partial charge in [-0.1, -0.05) is 25.1 Å². The summed E-state index contributed by atoms with van der Waals surface area (Å²) in [5, 5.41) is 13.2. The van der Waals surface area contributed by atoms with E-state index in [4.69, 9.17) is 4.74 Å². The molecule has 2 N–H and O–H groups in total. The van der Waals surface area contributed by atoms with Gasteiger partial charge in [-0.3, -0.25) is 9.69 Å². The lowest BCUT2D eigenvalue weighted by Gasteiger charge is -2.33. The zero-order valence-electron chi connectivity index (χ0n) is 15.7. The van der Waals surface area contributed by atoms with Crippen LogP contribution in [-0.4, -0.2) is 46.7 Å². The fraction of sp³-hybridized carbons (Fsp3) is 0.600. The van der Waals surface area contributed by atoms with Crippen LogP contribution < -0.4 is 10.1 Å². The Kier molecular flexibility index (Phi) is 5.23. The molecule has 1 aromatic rings. The number of benzene rings is 1. The number of hydrogen-bond acceptors (Lipinski definition) is 4. The van der Waals surface area contributed by atoms with E-state index in [1.807, 2.05) is 32.0 Å². The number of para-hydroxylation sites is 1. The van der Waals surface area contributed by atoms with Crippen molar-refractivity contribution in [2.24, 2.45) is 5.92 Å². The fourth-order valence-electron chi connectivity index (χ4n) is 3.91. The number of rotatable bonds is 5. The van der Waals surface area contributed by atoms with Gasteiger partial charge in [0.1, 0.15) is 24.0 Å². The molecule has 1 spiro atoms. The highest BCUT2D eigenvalue weighted by Crippen LogP contribution is 2.36. The number of nitrogens with zero attached hydrogens (tertiary/aromatic N) is 1. The molecule has 3 rings (SSSR count). The van der Waals surface area contributed by atoms with Crippen molar-refractivity contribution in [3.8, 4) is 5.75 Å². The summed E-state index contributed by atoms with van der Waals surface area (Å²) >= 11 is 0. The summed E-state index contributed by atoms with van der Waals surface area (Å²) in [5.41, 5.74) is 1.21. The van der Waals surface area contributed by atoms with Gasteiger partial charge < -0.3 is 15.2 Å². The molecule has 1 saturated carbocycles. The van der Waals surface area contributed by atoms with Gasteiger partial charge in [-0.15, -0.1) is 0 Å². The largest absolute Gasteiger partial charge is 0.490 e. The van der Waals surface area contributed by atoms with E-state index in [0.29, 0.717) is 18.8 Å². The smallest absolute Gasteiger partial charge is 0.325 e. The molecule has 142 valence electrons. The van der Waals surface area contributed by atoms with Crippen molar-refractivity contribution in [1.29, 1.82) is 0 Å². The van der Waals surface area contributed by atoms with Crippen molar-refractivity contribution in [2.45, 2.75) is 58.1 Å². The molecule has 26 heavy (non-hydrogen) atoms. The van der Waals surface area contributed by atoms with E-state index in [0.717, 1.165) is 34.6 Å². The third-order valence-corrected chi connectivity index (χ3v) is 5.60. The summed E-state index contributed by atoms with van der Waals surface area (Å²) in [4.78, 5) is 26.3. The van der Waals surface area contributed by atoms with Crippen molar-refractivity contribution in [3.63, 3.8) is 0 Å². The quantitative estimate of drug-likeness (QED) is 0.791. The zero-order chi connectivity index (χ0) is 18.9. The first-order chi connectivity index (χ1) is 12.3. The summed E-state index contributed by atoms with van der Waals surface area (Å²) < 4.78 is 5.74. The van der Waals surface area contributed by atoms with Gasteiger partial charge in [0, 0.05) is 0 Å². The Bertz CT molecular complexity index is 675. The average molecular weight is 360 g/mol. The van der Waals surface area contributed by atoms with E-state index >= 15 is 0 Å². The number of carbonyl (C=O) groups excluding carboxylic acids is 2. The number of aliphatic hydroxyl groups excluding tert-OH is 1. The number of urea groups is 1. The molecule has 1 atom stereocenters. The summed E-state index contributed by atoms with van der Waals surface area (Å²) in [5.74, 6) is 1.11. The first-order valence-electron chi connectivity index (χ1n) is 9.33. The van der Waals surface area contributed by atoms with Crippen LogP contribution >= 0.6 is 0 Å². The van der Waals surface area contributed by atoms with E-state index in [9.17, 15) is 14.7 Å². The molecule has 2 fully saturated rings. The second-order valence-electron chi connectivity index (χ2n) is 7.80. The average Bonchev–Trinajstić information content (AvgIpc) is 2.82. The molecule has 1 aromatic carbocycles. The van der Waals surface area contributed by atoms with Crippen LogP contribution in [0.4, 0.5) is 4.79 Å². The molecule has 1 aliphatic heterocycles. The van der Waals surface area contributed by atoms with Crippen molar-refractivity contribution in [2.75, 3.05) is 13.2 Å². The highest BCUT2D eigenvalue weighted by molar-refractivity contribution is 6.07. The monoisotopic (exact) mass is 360 g/mol. The van der Waals surface area contributed by atoms with Gasteiger partial charge in [-0.2, -0.15) is 0 Å². The number of aliphatic hydroxyl groups is 1. The van der Waals surface area contributed by atoms with Crippen molar-refractivity contribution in [3.05, 3.63) is 29.3 Å². The number of imide groups is 1. The van der Waals surface area contributed by atoms with Gasteiger partial charge in [-0.05, 0) is 56.6 Å². The minimum absolute atomic E-state index is 0.0345. The molecule has 1 heterocycles. The summed E-state index contributed by atoms with van der Waals surface area (Å²) in [6.45, 7) is 6.04. The molecular weight excluding hydrogens is 332 g/mol. The maximum atomic E-state index is 12.8. The summed E-state index contributed by atoms with van der Waals surface area (Å²) in [7, 11) is 0. The van der Waals surface area contributed by atoms with Crippen LogP contribution in [0.25, 0.3) is 0 Å². The SMILES string of the molecule is Cc1cccc(C)c1OC[C@H](O)CN1C(=O)NC2(CCC(C)CC2)C1=O. The molecule has 6 heteroatoms. The molecule has 0 unspecified atom stereocenters. The Hall–Kier alpha value is -2.08. The zero-order valence-corrected chi connectivity index (χ0v) is 15.7. The molecular formula is C20H28N2O4. The van der Waals surface area contributed by atoms with Crippen LogP contribution in [-0.2, 0) is 4.79 Å². The highest BCUT2D eigenvalue weighted by atomic mass is 16.5. The predicted octanol–water partition coefficient (Wildman–Crippen LogP) is 2.54. The van der Waals surface area contributed by atoms with Crippen LogP contribution in [0.15, 0.2) is 18.2 Å². The number of hydrogen-bond donors (Lipinski definition) is 2. The van der Waals surface area contributed by atoms with Crippen LogP contribution in [0.5, 0.6) is 5.75 Å². The summed E-state index contributed by atoms with van der Waals surface area (Å²) in [6.07, 6.45) is 2.27. The van der Waals surface area contributed by atoms with Crippen molar-refractivity contribution >= 4 is 11.9 Å². The minimum atomic E-state index is -0.929. The molecule has 0 aromatic heterocycles. The topological polar surface area (TPSA) is 78.9 Å². The number of nitrogens with one attached hydrogen (secondary N) is 1. The van der Waals surface area contributed by atoms with Crippen molar-refractivity contribution in [1.82, 2.24) is 10.2 Å². The van der Waals surface area contributed by atoms with E-state index in [1.165, 1.54) is 0 Å². The lowest BCUT2D eigenvalue weighted by Crippen LogP contribution is -2.49. The molecule has 0 radical (unpaired) electrons. The Labute approximate surface area is 154 Å². The van der Waals surface area contributed by atoms with E-state index in [-0.39, 0.29) is 19.1 Å². The first kappa shape index (κ1) is 18.7. The van der Waals surface area contributed by atoms with Crippen LogP contribution in [0, 0.1) is 19.8 Å². The number of aryl methyl sites for hydroxylation is 2. The van der Waals surface area contributed by atoms with E-state index in [1.54, 1.807) is 0 Å². The maximum Gasteiger partial charge on any atom is 0.325 e. The third kappa shape index (κ3) is 3.56. The van der Waals surface area contributed by atoms with Crippen LogP contribution in [0.3, 0.4) is 0 Å². The molecule has 3 amide bonds. The van der Waals surface area contributed by atoms with Gasteiger partial charge in [0.2, 0.25) is 0 Å². The predicted molar refractivity (Wildman–Crippen MR) is 98.0 cm³/mol. The van der Waals surface area contributed by atoms with Gasteiger partial charge in [0.05, 0.1) is 6.54 Å². The lowest BCUT2D eigenvalue weighted by molar-refractivity contribution is -0.133. The molecule has 2 aliphatic rings. The number of ether oxygens (including phenoxy) is 1. The second-order valence-corrected chi connectivity index (χ2v) is 7.80. The van der Waals surface area contributed by atoms with Crippen LogP contribution in [0.2, 0.25) is 0 Å². The Morgan fingerprint density at radius 2 is 1.88 bits per heavy atom. The van der Waals surface area contributed by atoms with Gasteiger partial charge in [0.15, 0.2) is 0 Å². The molecule has 0 bridgehead atoms. The highest BCUT2D eigenvalue weighted by Gasteiger charge is 2.52. The minimum Gasteiger partial charge on any atom is -0.490 e. The molecule has 1 saturated heterocycles. The van der Waals surface area contributed by atoms with E-state index in [2.05, 4.69) is 12.2 Å². The third-order valence-electron chi connectivity index (χ3n) is 5.60. The second kappa shape index (κ2) is 7.27. The summed E-state index contributed by atoms with van der Waals surface area (Å²) in [6, 6.07) is 5.43. The number of amides is 3. The number of carbonyl (C=O) groups is 2. The lowest BCUT2D eigenvalue weighted by atomic mass is 9.77. The Morgan fingerprint density at radius 1 is 1.27 bits per heavy atom. The maximum absolute atomic E-state index is 12.8. The van der Waals surface area contributed by atoms with Crippen molar-refractivity contribution < 1.29 is 19.4 Å². The van der Waals surface area contributed by atoms with E-state index < -0.39 is 17.7 Å². The Balaban J connectivity index is 1.60. The van der Waals surface area contributed by atoms with Crippen LogP contribution in [0.1, 0.15) is 43.7 Å². The van der Waals surface area contributed by atoms with Gasteiger partial charge >= 0.3 is 6.03 Å². The Morgan fingerprint density at radius 3 is 2.50 bits per heavy atom.